The van der Waals surface area contributed by atoms with Crippen LogP contribution in [-0.2, 0) is 14.1 Å². The molecule has 0 fully saturated rings. The number of aromatic nitrogens is 3. The quantitative estimate of drug-likeness (QED) is 0.752. The molecule has 0 aliphatic carbocycles. The Morgan fingerprint density at radius 2 is 2.00 bits per heavy atom. The van der Waals surface area contributed by atoms with Crippen molar-refractivity contribution in [1.29, 1.82) is 0 Å². The molecule has 0 radical (unpaired) electrons. The monoisotopic (exact) mass is 278 g/mol. The maximum atomic E-state index is 12.3. The Kier molecular flexibility index (Phi) is 3.89. The van der Waals surface area contributed by atoms with Crippen LogP contribution >= 0.6 is 0 Å². The summed E-state index contributed by atoms with van der Waals surface area (Å²) in [5, 5.41) is 12.4. The molecule has 0 atom stereocenters. The van der Waals surface area contributed by atoms with Crippen LogP contribution in [0.3, 0.4) is 0 Å². The van der Waals surface area contributed by atoms with E-state index in [1.165, 1.54) is 11.6 Å². The molecule has 0 spiro atoms. The summed E-state index contributed by atoms with van der Waals surface area (Å²) in [5.41, 5.74) is 1.08. The maximum absolute atomic E-state index is 12.3. The first-order valence-corrected chi connectivity index (χ1v) is 6.39. The number of rotatable bonds is 4. The molecule has 20 heavy (non-hydrogen) atoms. The number of hydrogen-bond acceptors (Lipinski definition) is 5. The van der Waals surface area contributed by atoms with E-state index < -0.39 is 5.69 Å². The van der Waals surface area contributed by atoms with Gasteiger partial charge in [-0.1, -0.05) is 0 Å². The smallest absolute Gasteiger partial charge is 0.332 e. The molecule has 0 bridgehead atoms. The van der Waals surface area contributed by atoms with Gasteiger partial charge in [-0.25, -0.2) is 9.78 Å². The number of aliphatic hydroxyl groups is 1. The van der Waals surface area contributed by atoms with Crippen LogP contribution in [0.5, 0.6) is 0 Å². The third-order valence-corrected chi connectivity index (χ3v) is 3.30. The molecule has 0 saturated heterocycles. The van der Waals surface area contributed by atoms with E-state index in [1.807, 2.05) is 6.92 Å². The van der Waals surface area contributed by atoms with Gasteiger partial charge in [0.1, 0.15) is 5.39 Å². The zero-order chi connectivity index (χ0) is 14.9. The molecular formula is C13H18N4O3. The lowest BCUT2D eigenvalue weighted by Crippen LogP contribution is -2.37. The number of pyridine rings is 1. The molecule has 0 saturated carbocycles. The molecular weight excluding hydrogens is 260 g/mol. The molecule has 2 aromatic rings. The Labute approximate surface area is 115 Å². The minimum atomic E-state index is -0.403. The lowest BCUT2D eigenvalue weighted by atomic mass is 10.2. The Morgan fingerprint density at radius 3 is 2.65 bits per heavy atom. The van der Waals surface area contributed by atoms with Gasteiger partial charge in [0.2, 0.25) is 0 Å². The number of nitrogens with zero attached hydrogens (tertiary/aromatic N) is 3. The summed E-state index contributed by atoms with van der Waals surface area (Å²) >= 11 is 0. The molecule has 0 unspecified atom stereocenters. The van der Waals surface area contributed by atoms with Crippen molar-refractivity contribution in [2.45, 2.75) is 13.3 Å². The number of nitrogens with one attached hydrogen (secondary N) is 1. The van der Waals surface area contributed by atoms with Crippen LogP contribution < -0.4 is 16.6 Å². The lowest BCUT2D eigenvalue weighted by Gasteiger charge is -2.14. The van der Waals surface area contributed by atoms with E-state index >= 15 is 0 Å². The van der Waals surface area contributed by atoms with Gasteiger partial charge in [-0.15, -0.1) is 0 Å². The largest absolute Gasteiger partial charge is 0.396 e. The van der Waals surface area contributed by atoms with Gasteiger partial charge < -0.3 is 10.4 Å². The summed E-state index contributed by atoms with van der Waals surface area (Å²) in [6, 6.07) is 0. The van der Waals surface area contributed by atoms with Crippen molar-refractivity contribution in [2.75, 3.05) is 18.5 Å². The maximum Gasteiger partial charge on any atom is 0.332 e. The molecule has 7 nitrogen and oxygen atoms in total. The van der Waals surface area contributed by atoms with Crippen LogP contribution in [0.15, 0.2) is 15.8 Å². The summed E-state index contributed by atoms with van der Waals surface area (Å²) in [7, 11) is 3.04. The van der Waals surface area contributed by atoms with E-state index in [-0.39, 0.29) is 12.2 Å². The molecule has 2 aromatic heterocycles. The van der Waals surface area contributed by atoms with Crippen molar-refractivity contribution in [3.8, 4) is 0 Å². The van der Waals surface area contributed by atoms with Gasteiger partial charge in [-0.2, -0.15) is 0 Å². The topological polar surface area (TPSA) is 89.2 Å². The predicted octanol–water partition coefficient (Wildman–Crippen LogP) is -0.265. The average Bonchev–Trinajstić information content (AvgIpc) is 2.44. The van der Waals surface area contributed by atoms with Crippen LogP contribution in [0, 0.1) is 6.92 Å². The van der Waals surface area contributed by atoms with Gasteiger partial charge in [-0.3, -0.25) is 13.9 Å². The van der Waals surface area contributed by atoms with E-state index in [4.69, 9.17) is 5.11 Å². The molecule has 2 heterocycles. The predicted molar refractivity (Wildman–Crippen MR) is 77.2 cm³/mol. The van der Waals surface area contributed by atoms with Crippen molar-refractivity contribution in [1.82, 2.24) is 14.1 Å². The first kappa shape index (κ1) is 14.3. The first-order valence-electron chi connectivity index (χ1n) is 6.39. The highest BCUT2D eigenvalue weighted by atomic mass is 16.3. The Balaban J connectivity index is 2.77. The number of aliphatic hydroxyl groups excluding tert-OH is 1. The van der Waals surface area contributed by atoms with Crippen molar-refractivity contribution < 1.29 is 5.11 Å². The Morgan fingerprint density at radius 1 is 1.30 bits per heavy atom. The highest BCUT2D eigenvalue weighted by molar-refractivity contribution is 5.89. The zero-order valence-corrected chi connectivity index (χ0v) is 11.8. The van der Waals surface area contributed by atoms with E-state index in [2.05, 4.69) is 10.3 Å². The van der Waals surface area contributed by atoms with Crippen molar-refractivity contribution in [3.05, 3.63) is 32.6 Å². The minimum absolute atomic E-state index is 0.0750. The second-order valence-electron chi connectivity index (χ2n) is 4.72. The fraction of sp³-hybridized carbons (Fsp3) is 0.462. The summed E-state index contributed by atoms with van der Waals surface area (Å²) < 4.78 is 2.42. The lowest BCUT2D eigenvalue weighted by molar-refractivity contribution is 0.292. The summed E-state index contributed by atoms with van der Waals surface area (Å²) in [6.07, 6.45) is 2.21. The summed E-state index contributed by atoms with van der Waals surface area (Å²) in [5.74, 6) is 0. The van der Waals surface area contributed by atoms with E-state index in [9.17, 15) is 9.59 Å². The fourth-order valence-electron chi connectivity index (χ4n) is 2.14. The van der Waals surface area contributed by atoms with Crippen LogP contribution in [0.4, 0.5) is 5.69 Å². The van der Waals surface area contributed by atoms with Crippen molar-refractivity contribution in [3.63, 3.8) is 0 Å². The number of hydrogen-bond donors (Lipinski definition) is 2. The molecule has 2 rings (SSSR count). The second-order valence-corrected chi connectivity index (χ2v) is 4.72. The van der Waals surface area contributed by atoms with E-state index in [0.717, 1.165) is 10.1 Å². The van der Waals surface area contributed by atoms with E-state index in [1.54, 1.807) is 13.2 Å². The average molecular weight is 278 g/mol. The van der Waals surface area contributed by atoms with Crippen LogP contribution in [0.1, 0.15) is 12.0 Å². The standard InChI is InChI=1S/C13H18N4O3/c1-8-7-15-11-9(10(8)14-5-4-6-18)12(19)17(3)13(20)16(11)2/h7,18H,4-6H2,1-3H3,(H,14,15). The van der Waals surface area contributed by atoms with Crippen LogP contribution in [0.2, 0.25) is 0 Å². The first-order chi connectivity index (χ1) is 9.49. The van der Waals surface area contributed by atoms with E-state index in [0.29, 0.717) is 29.7 Å². The third-order valence-electron chi connectivity index (χ3n) is 3.30. The number of fused-ring (bicyclic) bond motifs is 1. The normalized spacial score (nSPS) is 11.0. The Bertz CT molecular complexity index is 761. The second kappa shape index (κ2) is 5.46. The highest BCUT2D eigenvalue weighted by Crippen LogP contribution is 2.21. The molecule has 2 N–H and O–H groups in total. The SMILES string of the molecule is Cc1cnc2c(c1NCCCO)c(=O)n(C)c(=O)n2C. The molecule has 0 aliphatic rings. The fourth-order valence-corrected chi connectivity index (χ4v) is 2.14. The number of anilines is 1. The molecule has 0 aromatic carbocycles. The summed E-state index contributed by atoms with van der Waals surface area (Å²) in [4.78, 5) is 28.4. The van der Waals surface area contributed by atoms with Crippen molar-refractivity contribution >= 4 is 16.7 Å². The molecule has 0 amide bonds. The highest BCUT2D eigenvalue weighted by Gasteiger charge is 2.15. The van der Waals surface area contributed by atoms with Crippen LogP contribution in [-0.4, -0.2) is 32.4 Å². The molecule has 108 valence electrons. The zero-order valence-electron chi connectivity index (χ0n) is 11.8. The van der Waals surface area contributed by atoms with Gasteiger partial charge in [0.05, 0.1) is 5.69 Å². The van der Waals surface area contributed by atoms with Crippen LogP contribution in [0.25, 0.3) is 11.0 Å². The van der Waals surface area contributed by atoms with Gasteiger partial charge in [0, 0.05) is 33.4 Å². The van der Waals surface area contributed by atoms with Gasteiger partial charge >= 0.3 is 5.69 Å². The molecule has 7 heteroatoms. The third kappa shape index (κ3) is 2.20. The minimum Gasteiger partial charge on any atom is -0.396 e. The van der Waals surface area contributed by atoms with Gasteiger partial charge in [0.25, 0.3) is 5.56 Å². The van der Waals surface area contributed by atoms with Crippen molar-refractivity contribution in [2.24, 2.45) is 14.1 Å². The van der Waals surface area contributed by atoms with Gasteiger partial charge in [-0.05, 0) is 18.9 Å². The Hall–Kier alpha value is -2.15. The summed E-state index contributed by atoms with van der Waals surface area (Å²) in [6.45, 7) is 2.46. The van der Waals surface area contributed by atoms with Gasteiger partial charge in [0.15, 0.2) is 5.65 Å². The number of aryl methyl sites for hydroxylation is 2. The molecule has 0 aliphatic heterocycles.